The molecule has 0 bridgehead atoms. The van der Waals surface area contributed by atoms with Gasteiger partial charge in [-0.3, -0.25) is 5.32 Å². The Morgan fingerprint density at radius 3 is 2.67 bits per heavy atom. The lowest BCUT2D eigenvalue weighted by Gasteiger charge is -2.28. The van der Waals surface area contributed by atoms with Crippen molar-refractivity contribution < 1.29 is 0 Å². The highest BCUT2D eigenvalue weighted by atomic mass is 32.2. The maximum Gasteiger partial charge on any atom is 0.133 e. The number of hydrogen-bond acceptors (Lipinski definition) is 4. The Kier molecular flexibility index (Phi) is 4.64. The second kappa shape index (κ2) is 6.65. The molecule has 0 aliphatic heterocycles. The van der Waals surface area contributed by atoms with Gasteiger partial charge in [0.2, 0.25) is 0 Å². The normalized spacial score (nSPS) is 17.1. The van der Waals surface area contributed by atoms with Crippen molar-refractivity contribution in [3.05, 3.63) is 53.4 Å². The highest BCUT2D eigenvalue weighted by molar-refractivity contribution is 8.01. The van der Waals surface area contributed by atoms with Crippen LogP contribution in [0.1, 0.15) is 24.8 Å². The third-order valence-electron chi connectivity index (χ3n) is 3.70. The molecule has 1 unspecified atom stereocenters. The molecule has 2 nitrogen and oxygen atoms in total. The van der Waals surface area contributed by atoms with Crippen molar-refractivity contribution in [1.82, 2.24) is 5.32 Å². The van der Waals surface area contributed by atoms with Gasteiger partial charge in [0.15, 0.2) is 0 Å². The Labute approximate surface area is 134 Å². The number of nitriles is 1. The lowest BCUT2D eigenvalue weighted by Crippen LogP contribution is -2.43. The number of nitrogens with one attached hydrogen (secondary N) is 1. The van der Waals surface area contributed by atoms with Crippen LogP contribution in [-0.4, -0.2) is 11.8 Å². The van der Waals surface area contributed by atoms with Gasteiger partial charge in [0, 0.05) is 11.8 Å². The molecular formula is C17H18N2S2. The lowest BCUT2D eigenvalue weighted by atomic mass is 9.88. The van der Waals surface area contributed by atoms with Gasteiger partial charge in [-0.25, -0.2) is 0 Å². The first kappa shape index (κ1) is 14.6. The van der Waals surface area contributed by atoms with Crippen molar-refractivity contribution in [3.63, 3.8) is 0 Å². The second-order valence-corrected chi connectivity index (χ2v) is 7.68. The van der Waals surface area contributed by atoms with Gasteiger partial charge in [-0.1, -0.05) is 36.4 Å². The highest BCUT2D eigenvalue weighted by Gasteiger charge is 2.37. The summed E-state index contributed by atoms with van der Waals surface area (Å²) in [6.07, 6.45) is 3.20. The SMILES string of the molecule is N#CC(CCSc1cccs1)(NC1CC1)c1ccccc1. The zero-order valence-electron chi connectivity index (χ0n) is 11.8. The monoisotopic (exact) mass is 314 g/mol. The Morgan fingerprint density at radius 1 is 1.24 bits per heavy atom. The van der Waals surface area contributed by atoms with Crippen LogP contribution in [0.4, 0.5) is 0 Å². The molecule has 108 valence electrons. The van der Waals surface area contributed by atoms with E-state index in [0.717, 1.165) is 17.7 Å². The molecule has 1 aromatic carbocycles. The topological polar surface area (TPSA) is 35.8 Å². The van der Waals surface area contributed by atoms with Crippen molar-refractivity contribution in [1.29, 1.82) is 5.26 Å². The average Bonchev–Trinajstić information content (AvgIpc) is 3.19. The summed E-state index contributed by atoms with van der Waals surface area (Å²) in [6, 6.07) is 17.4. The zero-order chi connectivity index (χ0) is 14.5. The predicted molar refractivity (Wildman–Crippen MR) is 89.6 cm³/mol. The molecule has 3 rings (SSSR count). The van der Waals surface area contributed by atoms with E-state index in [1.807, 2.05) is 30.0 Å². The first-order valence-electron chi connectivity index (χ1n) is 7.23. The van der Waals surface area contributed by atoms with E-state index < -0.39 is 5.54 Å². The molecule has 1 saturated carbocycles. The number of rotatable bonds is 7. The summed E-state index contributed by atoms with van der Waals surface area (Å²) in [4.78, 5) is 0. The Bertz CT molecular complexity index is 599. The van der Waals surface area contributed by atoms with Crippen LogP contribution in [0, 0.1) is 11.3 Å². The zero-order valence-corrected chi connectivity index (χ0v) is 13.4. The maximum atomic E-state index is 9.84. The molecule has 1 aliphatic carbocycles. The minimum absolute atomic E-state index is 0.511. The van der Waals surface area contributed by atoms with Crippen molar-refractivity contribution >= 4 is 23.1 Å². The van der Waals surface area contributed by atoms with Gasteiger partial charge in [-0.05, 0) is 36.3 Å². The van der Waals surface area contributed by atoms with Gasteiger partial charge in [-0.15, -0.1) is 23.1 Å². The van der Waals surface area contributed by atoms with Gasteiger partial charge in [0.05, 0.1) is 10.3 Å². The summed E-state index contributed by atoms with van der Waals surface area (Å²) in [6.45, 7) is 0. The summed E-state index contributed by atoms with van der Waals surface area (Å²) >= 11 is 3.60. The standard InChI is InChI=1S/C17H18N2S2/c18-13-17(19-15-8-9-15,14-5-2-1-3-6-14)10-12-21-16-7-4-11-20-16/h1-7,11,15,19H,8-10,12H2. The summed E-state index contributed by atoms with van der Waals surface area (Å²) in [5.41, 5.74) is 0.540. The number of hydrogen-bond donors (Lipinski definition) is 1. The summed E-state index contributed by atoms with van der Waals surface area (Å²) in [5, 5.41) is 15.5. The number of thiophene rings is 1. The van der Waals surface area contributed by atoms with Crippen molar-refractivity contribution in [3.8, 4) is 6.07 Å². The van der Waals surface area contributed by atoms with Crippen LogP contribution in [-0.2, 0) is 5.54 Å². The molecule has 21 heavy (non-hydrogen) atoms. The first-order valence-corrected chi connectivity index (χ1v) is 9.10. The van der Waals surface area contributed by atoms with E-state index in [0.29, 0.717) is 6.04 Å². The van der Waals surface area contributed by atoms with E-state index >= 15 is 0 Å². The second-order valence-electron chi connectivity index (χ2n) is 5.33. The first-order chi connectivity index (χ1) is 10.3. The van der Waals surface area contributed by atoms with E-state index in [2.05, 4.69) is 41.0 Å². The predicted octanol–water partition coefficient (Wildman–Crippen LogP) is 4.40. The van der Waals surface area contributed by atoms with Crippen molar-refractivity contribution in [2.24, 2.45) is 0 Å². The van der Waals surface area contributed by atoms with Crippen LogP contribution in [0.25, 0.3) is 0 Å². The molecule has 0 spiro atoms. The van der Waals surface area contributed by atoms with Crippen LogP contribution in [0.5, 0.6) is 0 Å². The van der Waals surface area contributed by atoms with E-state index in [9.17, 15) is 5.26 Å². The van der Waals surface area contributed by atoms with Crippen LogP contribution in [0.3, 0.4) is 0 Å². The quantitative estimate of drug-likeness (QED) is 0.769. The number of benzene rings is 1. The molecule has 1 atom stereocenters. The Morgan fingerprint density at radius 2 is 2.05 bits per heavy atom. The molecule has 1 heterocycles. The highest BCUT2D eigenvalue weighted by Crippen LogP contribution is 2.33. The van der Waals surface area contributed by atoms with Gasteiger partial charge in [0.1, 0.15) is 5.54 Å². The van der Waals surface area contributed by atoms with Crippen molar-refractivity contribution in [2.45, 2.75) is 35.1 Å². The van der Waals surface area contributed by atoms with E-state index in [4.69, 9.17) is 0 Å². The maximum absolute atomic E-state index is 9.84. The van der Waals surface area contributed by atoms with Gasteiger partial charge < -0.3 is 0 Å². The molecule has 0 amide bonds. The third-order valence-corrected chi connectivity index (χ3v) is 5.83. The van der Waals surface area contributed by atoms with E-state index in [1.54, 1.807) is 11.3 Å². The summed E-state index contributed by atoms with van der Waals surface area (Å²) < 4.78 is 1.32. The molecule has 2 aromatic rings. The molecule has 1 aromatic heterocycles. The Balaban J connectivity index is 1.73. The largest absolute Gasteiger partial charge is 0.293 e. The minimum atomic E-state index is -0.549. The molecule has 0 radical (unpaired) electrons. The minimum Gasteiger partial charge on any atom is -0.293 e. The van der Waals surface area contributed by atoms with Gasteiger partial charge >= 0.3 is 0 Å². The summed E-state index contributed by atoms with van der Waals surface area (Å²) in [7, 11) is 0. The molecule has 4 heteroatoms. The molecule has 1 aliphatic rings. The van der Waals surface area contributed by atoms with Crippen LogP contribution >= 0.6 is 23.1 Å². The fourth-order valence-corrected chi connectivity index (χ4v) is 4.32. The molecular weight excluding hydrogens is 296 g/mol. The smallest absolute Gasteiger partial charge is 0.133 e. The number of thioether (sulfide) groups is 1. The average molecular weight is 314 g/mol. The van der Waals surface area contributed by atoms with E-state index in [1.165, 1.54) is 17.1 Å². The van der Waals surface area contributed by atoms with Gasteiger partial charge in [-0.2, -0.15) is 5.26 Å². The number of nitrogens with zero attached hydrogens (tertiary/aromatic N) is 1. The molecule has 0 saturated heterocycles. The fraction of sp³-hybridized carbons (Fsp3) is 0.353. The molecule has 1 N–H and O–H groups in total. The Hall–Kier alpha value is -1.28. The van der Waals surface area contributed by atoms with Crippen molar-refractivity contribution in [2.75, 3.05) is 5.75 Å². The summed E-state index contributed by atoms with van der Waals surface area (Å²) in [5.74, 6) is 0.947. The van der Waals surface area contributed by atoms with Gasteiger partial charge in [0.25, 0.3) is 0 Å². The third kappa shape index (κ3) is 3.68. The van der Waals surface area contributed by atoms with Crippen LogP contribution in [0.15, 0.2) is 52.1 Å². The molecule has 1 fully saturated rings. The van der Waals surface area contributed by atoms with Crippen LogP contribution < -0.4 is 5.32 Å². The van der Waals surface area contributed by atoms with Crippen LogP contribution in [0.2, 0.25) is 0 Å². The van der Waals surface area contributed by atoms with E-state index in [-0.39, 0.29) is 0 Å². The fourth-order valence-electron chi connectivity index (χ4n) is 2.40. The lowest BCUT2D eigenvalue weighted by molar-refractivity contribution is 0.412.